The molecule has 3 aliphatic rings. The van der Waals surface area contributed by atoms with E-state index in [0.29, 0.717) is 18.9 Å². The molecule has 1 amide bonds. The number of nitrogens with zero attached hydrogens (tertiary/aromatic N) is 6. The van der Waals surface area contributed by atoms with Crippen LogP contribution in [0.5, 0.6) is 0 Å². The Morgan fingerprint density at radius 1 is 1.29 bits per heavy atom. The molecule has 3 aliphatic heterocycles. The van der Waals surface area contributed by atoms with E-state index in [1.54, 1.807) is 18.1 Å². The number of amides is 1. The molecule has 0 unspecified atom stereocenters. The standard InChI is InChI=1S/C19H25BrN6O2/c1-11-8-26-14-6-12(20)7-21-15(14)23-16(17(26)22-11)25-9-13(10-25)28-18(27)24(5)19(2,3)4/h6-7,11,13H,8-10H2,1-5H3/t11-/m1/s1. The molecule has 4 rings (SSSR count). The number of pyridine rings is 1. The fourth-order valence-corrected chi connectivity index (χ4v) is 3.63. The number of carbonyl (C=O) groups is 1. The number of likely N-dealkylation sites (tertiary alicyclic amines) is 1. The second-order valence-electron chi connectivity index (χ2n) is 8.48. The second-order valence-corrected chi connectivity index (χ2v) is 9.40. The number of hydrogen-bond acceptors (Lipinski definition) is 7. The summed E-state index contributed by atoms with van der Waals surface area (Å²) >= 11 is 3.49. The maximum absolute atomic E-state index is 12.3. The number of anilines is 1. The molecule has 0 radical (unpaired) electrons. The minimum Gasteiger partial charge on any atom is -0.442 e. The molecule has 1 fully saturated rings. The number of halogens is 1. The van der Waals surface area contributed by atoms with E-state index in [1.165, 1.54) is 0 Å². The molecule has 4 heterocycles. The van der Waals surface area contributed by atoms with E-state index in [2.05, 4.69) is 37.6 Å². The monoisotopic (exact) mass is 448 g/mol. The van der Waals surface area contributed by atoms with Crippen molar-refractivity contribution in [2.24, 2.45) is 9.98 Å². The highest BCUT2D eigenvalue weighted by Gasteiger charge is 2.41. The number of hydrogen-bond donors (Lipinski definition) is 0. The second kappa shape index (κ2) is 6.72. The summed E-state index contributed by atoms with van der Waals surface area (Å²) in [6, 6.07) is 2.22. The molecule has 1 aromatic heterocycles. The molecule has 1 saturated heterocycles. The molecule has 8 nitrogen and oxygen atoms in total. The topological polar surface area (TPSA) is 73.6 Å². The van der Waals surface area contributed by atoms with Crippen LogP contribution in [0.25, 0.3) is 0 Å². The van der Waals surface area contributed by atoms with Gasteiger partial charge in [0.05, 0.1) is 24.8 Å². The van der Waals surface area contributed by atoms with Crippen molar-refractivity contribution >= 4 is 45.2 Å². The number of carbonyl (C=O) groups excluding carboxylic acids is 1. The van der Waals surface area contributed by atoms with Crippen LogP contribution in [0.2, 0.25) is 0 Å². The molecule has 28 heavy (non-hydrogen) atoms. The summed E-state index contributed by atoms with van der Waals surface area (Å²) in [6.07, 6.45) is 1.31. The molecular formula is C19H25BrN6O2. The number of rotatable bonds is 1. The number of amidine groups is 2. The molecule has 0 saturated carbocycles. The van der Waals surface area contributed by atoms with Gasteiger partial charge in [-0.15, -0.1) is 0 Å². The minimum atomic E-state index is -0.298. The molecule has 150 valence electrons. The van der Waals surface area contributed by atoms with E-state index in [1.807, 2.05) is 26.8 Å². The molecule has 0 aromatic carbocycles. The van der Waals surface area contributed by atoms with Crippen molar-refractivity contribution in [2.45, 2.75) is 45.4 Å². The molecule has 0 spiro atoms. The van der Waals surface area contributed by atoms with Crippen LogP contribution in [-0.4, -0.2) is 76.9 Å². The molecular weight excluding hydrogens is 424 g/mol. The fraction of sp³-hybridized carbons (Fsp3) is 0.579. The van der Waals surface area contributed by atoms with E-state index in [0.717, 1.165) is 28.4 Å². The molecule has 1 atom stereocenters. The van der Waals surface area contributed by atoms with Crippen molar-refractivity contribution in [1.29, 1.82) is 0 Å². The summed E-state index contributed by atoms with van der Waals surface area (Å²) in [5.41, 5.74) is 0.698. The first-order chi connectivity index (χ1) is 13.1. The Bertz CT molecular complexity index is 872. The first-order valence-corrected chi connectivity index (χ1v) is 10.2. The maximum Gasteiger partial charge on any atom is 0.410 e. The third-order valence-electron chi connectivity index (χ3n) is 5.26. The Morgan fingerprint density at radius 2 is 2.00 bits per heavy atom. The quantitative estimate of drug-likeness (QED) is 0.659. The highest BCUT2D eigenvalue weighted by atomic mass is 79.9. The Hall–Kier alpha value is -2.16. The van der Waals surface area contributed by atoms with Gasteiger partial charge in [-0.3, -0.25) is 4.99 Å². The van der Waals surface area contributed by atoms with Gasteiger partial charge in [0.25, 0.3) is 0 Å². The Labute approximate surface area is 173 Å². The predicted molar refractivity (Wildman–Crippen MR) is 113 cm³/mol. The van der Waals surface area contributed by atoms with Crippen LogP contribution in [0.4, 0.5) is 16.3 Å². The Kier molecular flexibility index (Phi) is 4.60. The van der Waals surface area contributed by atoms with Gasteiger partial charge in [-0.05, 0) is 49.7 Å². The zero-order valence-electron chi connectivity index (χ0n) is 16.8. The van der Waals surface area contributed by atoms with Crippen LogP contribution >= 0.6 is 15.9 Å². The first kappa shape index (κ1) is 19.2. The predicted octanol–water partition coefficient (Wildman–Crippen LogP) is 3.05. The van der Waals surface area contributed by atoms with Gasteiger partial charge >= 0.3 is 6.09 Å². The van der Waals surface area contributed by atoms with Gasteiger partial charge in [0.2, 0.25) is 0 Å². The average molecular weight is 449 g/mol. The van der Waals surface area contributed by atoms with E-state index in [9.17, 15) is 4.79 Å². The number of fused-ring (bicyclic) bond motifs is 3. The number of aromatic nitrogens is 1. The lowest BCUT2D eigenvalue weighted by atomic mass is 10.1. The largest absolute Gasteiger partial charge is 0.442 e. The van der Waals surface area contributed by atoms with Gasteiger partial charge in [-0.25, -0.2) is 14.8 Å². The number of aliphatic imine (C=N–C) groups is 2. The van der Waals surface area contributed by atoms with Crippen molar-refractivity contribution in [2.75, 3.05) is 31.6 Å². The lowest BCUT2D eigenvalue weighted by Crippen LogP contribution is -2.60. The third-order valence-corrected chi connectivity index (χ3v) is 5.69. The van der Waals surface area contributed by atoms with Gasteiger partial charge < -0.3 is 19.4 Å². The van der Waals surface area contributed by atoms with Gasteiger partial charge in [0.1, 0.15) is 6.10 Å². The van der Waals surface area contributed by atoms with Crippen LogP contribution < -0.4 is 4.90 Å². The summed E-state index contributed by atoms with van der Waals surface area (Å²) in [4.78, 5) is 32.2. The molecule has 9 heteroatoms. The smallest absolute Gasteiger partial charge is 0.410 e. The summed E-state index contributed by atoms with van der Waals surface area (Å²) in [7, 11) is 1.76. The highest BCUT2D eigenvalue weighted by molar-refractivity contribution is 9.10. The van der Waals surface area contributed by atoms with E-state index >= 15 is 0 Å². The van der Waals surface area contributed by atoms with E-state index in [-0.39, 0.29) is 23.8 Å². The van der Waals surface area contributed by atoms with Gasteiger partial charge in [-0.1, -0.05) is 0 Å². The Balaban J connectivity index is 1.49. The Morgan fingerprint density at radius 3 is 2.68 bits per heavy atom. The van der Waals surface area contributed by atoms with Gasteiger partial charge in [0, 0.05) is 29.8 Å². The zero-order valence-corrected chi connectivity index (χ0v) is 18.4. The van der Waals surface area contributed by atoms with Crippen molar-refractivity contribution in [3.63, 3.8) is 0 Å². The lowest BCUT2D eigenvalue weighted by Gasteiger charge is -2.43. The van der Waals surface area contributed by atoms with Crippen molar-refractivity contribution in [1.82, 2.24) is 14.8 Å². The third kappa shape index (κ3) is 3.36. The first-order valence-electron chi connectivity index (χ1n) is 9.43. The maximum atomic E-state index is 12.3. The summed E-state index contributed by atoms with van der Waals surface area (Å²) < 4.78 is 6.55. The van der Waals surface area contributed by atoms with Crippen molar-refractivity contribution in [3.8, 4) is 0 Å². The summed E-state index contributed by atoms with van der Waals surface area (Å²) in [6.45, 7) is 10.1. The molecule has 0 aliphatic carbocycles. The van der Waals surface area contributed by atoms with E-state index < -0.39 is 0 Å². The SMILES string of the molecule is C[C@@H]1CN2C(=N1)C(N1CC(OC(=O)N(C)C(C)(C)C)C1)=Nc1ncc(Br)cc12. The number of ether oxygens (including phenoxy) is 1. The lowest BCUT2D eigenvalue weighted by molar-refractivity contribution is -0.00500. The normalized spacial score (nSPS) is 21.4. The van der Waals surface area contributed by atoms with Crippen LogP contribution in [0.15, 0.2) is 26.7 Å². The fourth-order valence-electron chi connectivity index (χ4n) is 3.31. The van der Waals surface area contributed by atoms with Crippen molar-refractivity contribution in [3.05, 3.63) is 16.7 Å². The van der Waals surface area contributed by atoms with Crippen LogP contribution in [0.1, 0.15) is 27.7 Å². The summed E-state index contributed by atoms with van der Waals surface area (Å²) in [5.74, 6) is 2.37. The van der Waals surface area contributed by atoms with Crippen LogP contribution in [0.3, 0.4) is 0 Å². The minimum absolute atomic E-state index is 0.146. The van der Waals surface area contributed by atoms with Crippen molar-refractivity contribution < 1.29 is 9.53 Å². The molecule has 0 N–H and O–H groups in total. The molecule has 1 aromatic rings. The molecule has 0 bridgehead atoms. The van der Waals surface area contributed by atoms with E-state index in [4.69, 9.17) is 14.7 Å². The summed E-state index contributed by atoms with van der Waals surface area (Å²) in [5, 5.41) is 0. The van der Waals surface area contributed by atoms with Gasteiger partial charge in [0.15, 0.2) is 17.5 Å². The van der Waals surface area contributed by atoms with Crippen LogP contribution in [-0.2, 0) is 4.74 Å². The van der Waals surface area contributed by atoms with Gasteiger partial charge in [-0.2, -0.15) is 0 Å². The highest BCUT2D eigenvalue weighted by Crippen LogP contribution is 2.36. The average Bonchev–Trinajstić information content (AvgIpc) is 2.97. The zero-order chi connectivity index (χ0) is 20.2. The van der Waals surface area contributed by atoms with Crippen LogP contribution in [0, 0.1) is 0 Å².